The summed E-state index contributed by atoms with van der Waals surface area (Å²) in [6.07, 6.45) is 1.28. The summed E-state index contributed by atoms with van der Waals surface area (Å²) in [6, 6.07) is 9.92. The molecule has 0 heterocycles. The smallest absolute Gasteiger partial charge is 0.279 e. The van der Waals surface area contributed by atoms with E-state index in [4.69, 9.17) is 5.73 Å². The Morgan fingerprint density at radius 2 is 1.41 bits per heavy atom. The molecule has 0 saturated heterocycles. The second kappa shape index (κ2) is 10.9. The minimum absolute atomic E-state index is 0. The highest BCUT2D eigenvalue weighted by atomic mass is 16.6. The van der Waals surface area contributed by atoms with Gasteiger partial charge in [-0.05, 0) is 61.9 Å². The molecule has 0 unspecified atom stereocenters. The fourth-order valence-corrected chi connectivity index (χ4v) is 2.74. The molecule has 2 rings (SSSR count). The standard InChI is InChI=1S/C11H14N2O4.C8H11N.H3N/c1-3-8(4-2)11-9(12(14)15)6-5-7-10(11)13(16)17;1-6-3-4-8(9)5-7(6)2;/h5-8H,3-4H2,1-2H3;3-5H,9H2,1-2H3;1H3. The van der Waals surface area contributed by atoms with E-state index in [-0.39, 0.29) is 29.0 Å². The first-order valence-corrected chi connectivity index (χ1v) is 8.47. The van der Waals surface area contributed by atoms with E-state index in [1.807, 2.05) is 32.0 Å². The number of nitrogen functional groups attached to an aromatic ring is 1. The maximum Gasteiger partial charge on any atom is 0.279 e. The number of rotatable bonds is 5. The molecule has 8 nitrogen and oxygen atoms in total. The Morgan fingerprint density at radius 3 is 1.74 bits per heavy atom. The number of hydrogen-bond acceptors (Lipinski definition) is 6. The summed E-state index contributed by atoms with van der Waals surface area (Å²) in [7, 11) is 0. The zero-order valence-electron chi connectivity index (χ0n) is 16.3. The quantitative estimate of drug-likeness (QED) is 0.402. The maximum absolute atomic E-state index is 10.9. The summed E-state index contributed by atoms with van der Waals surface area (Å²) in [6.45, 7) is 7.88. The lowest BCUT2D eigenvalue weighted by atomic mass is 9.91. The number of anilines is 1. The molecule has 0 radical (unpaired) electrons. The fourth-order valence-electron chi connectivity index (χ4n) is 2.74. The minimum Gasteiger partial charge on any atom is -0.399 e. The minimum atomic E-state index is -0.555. The van der Waals surface area contributed by atoms with Crippen molar-refractivity contribution < 1.29 is 9.85 Å². The molecule has 0 bridgehead atoms. The van der Waals surface area contributed by atoms with Gasteiger partial charge in [-0.1, -0.05) is 19.9 Å². The number of nitrogens with two attached hydrogens (primary N) is 1. The van der Waals surface area contributed by atoms with Crippen LogP contribution in [0.4, 0.5) is 17.1 Å². The molecule has 0 amide bonds. The van der Waals surface area contributed by atoms with Gasteiger partial charge in [-0.3, -0.25) is 20.2 Å². The number of hydrogen-bond donors (Lipinski definition) is 2. The van der Waals surface area contributed by atoms with Crippen molar-refractivity contribution >= 4 is 17.1 Å². The lowest BCUT2D eigenvalue weighted by molar-refractivity contribution is -0.395. The van der Waals surface area contributed by atoms with Gasteiger partial charge in [0.1, 0.15) is 5.56 Å². The molecular weight excluding hydrogens is 348 g/mol. The molecule has 0 atom stereocenters. The second-order valence-electron chi connectivity index (χ2n) is 6.08. The molecule has 0 spiro atoms. The summed E-state index contributed by atoms with van der Waals surface area (Å²) < 4.78 is 0. The van der Waals surface area contributed by atoms with Crippen LogP contribution >= 0.6 is 0 Å². The van der Waals surface area contributed by atoms with Crippen LogP contribution in [0.1, 0.15) is 49.3 Å². The van der Waals surface area contributed by atoms with Crippen LogP contribution in [0.25, 0.3) is 0 Å². The van der Waals surface area contributed by atoms with Gasteiger partial charge in [-0.15, -0.1) is 0 Å². The Morgan fingerprint density at radius 1 is 0.926 bits per heavy atom. The first kappa shape index (κ1) is 24.0. The van der Waals surface area contributed by atoms with Gasteiger partial charge in [0.25, 0.3) is 11.4 Å². The largest absolute Gasteiger partial charge is 0.399 e. The molecular formula is C19H28N4O4. The lowest BCUT2D eigenvalue weighted by Gasteiger charge is -2.12. The van der Waals surface area contributed by atoms with Gasteiger partial charge < -0.3 is 11.9 Å². The van der Waals surface area contributed by atoms with E-state index in [9.17, 15) is 20.2 Å². The number of aryl methyl sites for hydroxylation is 2. The Bertz CT molecular complexity index is 757. The molecule has 0 saturated carbocycles. The molecule has 5 N–H and O–H groups in total. The van der Waals surface area contributed by atoms with Crippen molar-refractivity contribution in [1.82, 2.24) is 6.15 Å². The van der Waals surface area contributed by atoms with Crippen molar-refractivity contribution in [2.75, 3.05) is 5.73 Å². The van der Waals surface area contributed by atoms with Gasteiger partial charge in [0.05, 0.1) is 9.85 Å². The molecule has 2 aromatic carbocycles. The number of nitro benzene ring substituents is 2. The van der Waals surface area contributed by atoms with Gasteiger partial charge in [0, 0.05) is 17.8 Å². The zero-order chi connectivity index (χ0) is 19.9. The average molecular weight is 376 g/mol. The van der Waals surface area contributed by atoms with E-state index in [1.54, 1.807) is 0 Å². The van der Waals surface area contributed by atoms with Crippen LogP contribution in [0.3, 0.4) is 0 Å². The third-order valence-corrected chi connectivity index (χ3v) is 4.38. The Hall–Kier alpha value is -3.00. The lowest BCUT2D eigenvalue weighted by Crippen LogP contribution is -2.05. The molecule has 148 valence electrons. The average Bonchev–Trinajstić information content (AvgIpc) is 2.60. The predicted molar refractivity (Wildman–Crippen MR) is 108 cm³/mol. The van der Waals surface area contributed by atoms with E-state index in [0.717, 1.165) is 5.69 Å². The first-order valence-electron chi connectivity index (χ1n) is 8.47. The first-order chi connectivity index (χ1) is 12.2. The SMILES string of the molecule is CCC(CC)c1c([N+](=O)[O-])cccc1[N+](=O)[O-].Cc1ccc(N)cc1C.N. The van der Waals surface area contributed by atoms with Crippen molar-refractivity contribution in [3.63, 3.8) is 0 Å². The van der Waals surface area contributed by atoms with Crippen molar-refractivity contribution in [2.24, 2.45) is 0 Å². The van der Waals surface area contributed by atoms with Crippen molar-refractivity contribution in [3.8, 4) is 0 Å². The van der Waals surface area contributed by atoms with Crippen LogP contribution in [0.5, 0.6) is 0 Å². The molecule has 0 aliphatic heterocycles. The van der Waals surface area contributed by atoms with Crippen LogP contribution in [0.2, 0.25) is 0 Å². The van der Waals surface area contributed by atoms with E-state index < -0.39 is 9.85 Å². The molecule has 27 heavy (non-hydrogen) atoms. The van der Waals surface area contributed by atoms with Crippen LogP contribution in [0.15, 0.2) is 36.4 Å². The Labute approximate surface area is 159 Å². The third kappa shape index (κ3) is 6.34. The summed E-state index contributed by atoms with van der Waals surface area (Å²) in [4.78, 5) is 20.7. The van der Waals surface area contributed by atoms with Crippen LogP contribution in [-0.2, 0) is 0 Å². The predicted octanol–water partition coefficient (Wildman–Crippen LogP) is 5.45. The van der Waals surface area contributed by atoms with Gasteiger partial charge in [0.2, 0.25) is 0 Å². The second-order valence-corrected chi connectivity index (χ2v) is 6.08. The fraction of sp³-hybridized carbons (Fsp3) is 0.368. The summed E-state index contributed by atoms with van der Waals surface area (Å²) >= 11 is 0. The topological polar surface area (TPSA) is 147 Å². The van der Waals surface area contributed by atoms with Gasteiger partial charge in [-0.2, -0.15) is 0 Å². The van der Waals surface area contributed by atoms with Crippen LogP contribution in [0, 0.1) is 34.1 Å². The third-order valence-electron chi connectivity index (χ3n) is 4.38. The van der Waals surface area contributed by atoms with Gasteiger partial charge in [-0.25, -0.2) is 0 Å². The highest BCUT2D eigenvalue weighted by molar-refractivity contribution is 5.55. The summed E-state index contributed by atoms with van der Waals surface area (Å²) in [5.41, 5.74) is 8.85. The summed E-state index contributed by atoms with van der Waals surface area (Å²) in [5.74, 6) is -0.156. The van der Waals surface area contributed by atoms with Crippen molar-refractivity contribution in [3.05, 3.63) is 73.3 Å². The number of nitro groups is 2. The molecule has 0 aliphatic carbocycles. The highest BCUT2D eigenvalue weighted by Crippen LogP contribution is 2.37. The molecule has 0 aliphatic rings. The monoisotopic (exact) mass is 376 g/mol. The van der Waals surface area contributed by atoms with E-state index in [1.165, 1.54) is 29.3 Å². The Kier molecular flexibility index (Phi) is 9.66. The van der Waals surface area contributed by atoms with Crippen LogP contribution < -0.4 is 11.9 Å². The number of benzene rings is 2. The summed E-state index contributed by atoms with van der Waals surface area (Å²) in [5, 5.41) is 21.8. The van der Waals surface area contributed by atoms with Crippen molar-refractivity contribution in [1.29, 1.82) is 0 Å². The van der Waals surface area contributed by atoms with E-state index in [0.29, 0.717) is 12.8 Å². The van der Waals surface area contributed by atoms with E-state index >= 15 is 0 Å². The molecule has 8 heteroatoms. The van der Waals surface area contributed by atoms with Gasteiger partial charge in [0.15, 0.2) is 0 Å². The highest BCUT2D eigenvalue weighted by Gasteiger charge is 2.29. The van der Waals surface area contributed by atoms with Crippen LogP contribution in [-0.4, -0.2) is 9.85 Å². The van der Waals surface area contributed by atoms with Crippen molar-refractivity contribution in [2.45, 2.75) is 46.5 Å². The van der Waals surface area contributed by atoms with E-state index in [2.05, 4.69) is 13.8 Å². The number of nitrogens with zero attached hydrogens (tertiary/aromatic N) is 2. The molecule has 0 fully saturated rings. The normalized spacial score (nSPS) is 9.81. The Balaban J connectivity index is 0.000000572. The zero-order valence-corrected chi connectivity index (χ0v) is 16.3. The molecule has 0 aromatic heterocycles. The maximum atomic E-state index is 10.9. The van der Waals surface area contributed by atoms with Gasteiger partial charge >= 0.3 is 0 Å². The molecule has 2 aromatic rings.